The maximum atomic E-state index is 12.4. The number of aromatic nitrogens is 4. The number of nitrogens with one attached hydrogen (secondary N) is 1. The Kier molecular flexibility index (Phi) is 3.68. The standard InChI is InChI=1S/C15H19N5O/c1-10(2)15(21)20-9-3-4-11(20)12-13(17-6-5-16-12)14-18-7-8-19-14/h5-8,10-11H,3-4,9H2,1-2H3,(H,18,19)/t11-/m1/s1. The molecule has 1 atom stereocenters. The van der Waals surface area contributed by atoms with E-state index in [1.165, 1.54) is 0 Å². The maximum Gasteiger partial charge on any atom is 0.225 e. The molecule has 0 bridgehead atoms. The first kappa shape index (κ1) is 13.7. The molecule has 1 saturated heterocycles. The van der Waals surface area contributed by atoms with Crippen molar-refractivity contribution in [3.63, 3.8) is 0 Å². The van der Waals surface area contributed by atoms with Gasteiger partial charge in [-0.1, -0.05) is 13.8 Å². The van der Waals surface area contributed by atoms with E-state index in [1.807, 2.05) is 18.7 Å². The van der Waals surface area contributed by atoms with Crippen LogP contribution in [0.5, 0.6) is 0 Å². The van der Waals surface area contributed by atoms with Crippen molar-refractivity contribution in [3.05, 3.63) is 30.5 Å². The molecule has 110 valence electrons. The third-order valence-corrected chi connectivity index (χ3v) is 3.79. The topological polar surface area (TPSA) is 74.8 Å². The van der Waals surface area contributed by atoms with Crippen molar-refractivity contribution < 1.29 is 4.79 Å². The maximum absolute atomic E-state index is 12.4. The molecule has 0 radical (unpaired) electrons. The summed E-state index contributed by atoms with van der Waals surface area (Å²) in [4.78, 5) is 30.5. The van der Waals surface area contributed by atoms with E-state index in [0.29, 0.717) is 5.82 Å². The van der Waals surface area contributed by atoms with E-state index in [-0.39, 0.29) is 17.9 Å². The number of carbonyl (C=O) groups is 1. The van der Waals surface area contributed by atoms with Gasteiger partial charge in [0.2, 0.25) is 5.91 Å². The lowest BCUT2D eigenvalue weighted by atomic mass is 10.1. The van der Waals surface area contributed by atoms with E-state index in [1.54, 1.807) is 24.8 Å². The number of amides is 1. The van der Waals surface area contributed by atoms with Gasteiger partial charge in [-0.2, -0.15) is 0 Å². The number of likely N-dealkylation sites (tertiary alicyclic amines) is 1. The third kappa shape index (κ3) is 2.53. The summed E-state index contributed by atoms with van der Waals surface area (Å²) in [5, 5.41) is 0. The first-order valence-corrected chi connectivity index (χ1v) is 7.29. The monoisotopic (exact) mass is 285 g/mol. The molecule has 0 unspecified atom stereocenters. The summed E-state index contributed by atoms with van der Waals surface area (Å²) in [5.74, 6) is 0.866. The molecule has 1 aliphatic heterocycles. The van der Waals surface area contributed by atoms with Gasteiger partial charge in [-0.25, -0.2) is 9.97 Å². The van der Waals surface area contributed by atoms with E-state index in [2.05, 4.69) is 19.9 Å². The Morgan fingerprint density at radius 2 is 2.10 bits per heavy atom. The van der Waals surface area contributed by atoms with Crippen LogP contribution >= 0.6 is 0 Å². The Balaban J connectivity index is 1.98. The van der Waals surface area contributed by atoms with Crippen molar-refractivity contribution in [1.82, 2.24) is 24.8 Å². The Morgan fingerprint density at radius 3 is 2.81 bits per heavy atom. The average Bonchev–Trinajstić information content (AvgIpc) is 3.17. The van der Waals surface area contributed by atoms with Gasteiger partial charge >= 0.3 is 0 Å². The minimum Gasteiger partial charge on any atom is -0.343 e. The lowest BCUT2D eigenvalue weighted by molar-refractivity contribution is -0.135. The molecular weight excluding hydrogens is 266 g/mol. The summed E-state index contributed by atoms with van der Waals surface area (Å²) >= 11 is 0. The number of hydrogen-bond donors (Lipinski definition) is 1. The van der Waals surface area contributed by atoms with Gasteiger partial charge in [0.15, 0.2) is 5.82 Å². The molecule has 2 aromatic heterocycles. The van der Waals surface area contributed by atoms with E-state index in [9.17, 15) is 4.79 Å². The zero-order valence-electron chi connectivity index (χ0n) is 12.3. The van der Waals surface area contributed by atoms with Gasteiger partial charge in [-0.05, 0) is 12.8 Å². The number of aromatic amines is 1. The highest BCUT2D eigenvalue weighted by Gasteiger charge is 2.34. The summed E-state index contributed by atoms with van der Waals surface area (Å²) in [7, 11) is 0. The molecule has 1 fully saturated rings. The molecule has 1 N–H and O–H groups in total. The van der Waals surface area contributed by atoms with Crippen LogP contribution in [0, 0.1) is 5.92 Å². The van der Waals surface area contributed by atoms with E-state index in [0.717, 1.165) is 30.8 Å². The average molecular weight is 285 g/mol. The second-order valence-corrected chi connectivity index (χ2v) is 5.57. The van der Waals surface area contributed by atoms with Gasteiger partial charge in [0.1, 0.15) is 5.69 Å². The van der Waals surface area contributed by atoms with Crippen LogP contribution in [0.15, 0.2) is 24.8 Å². The van der Waals surface area contributed by atoms with Crippen molar-refractivity contribution in [2.75, 3.05) is 6.54 Å². The van der Waals surface area contributed by atoms with Crippen LogP contribution in [0.25, 0.3) is 11.5 Å². The highest BCUT2D eigenvalue weighted by molar-refractivity contribution is 5.79. The number of H-pyrrole nitrogens is 1. The zero-order valence-corrected chi connectivity index (χ0v) is 12.3. The molecule has 3 rings (SSSR count). The zero-order chi connectivity index (χ0) is 14.8. The Morgan fingerprint density at radius 1 is 1.29 bits per heavy atom. The van der Waals surface area contributed by atoms with Gasteiger partial charge in [0, 0.05) is 37.3 Å². The molecular formula is C15H19N5O. The van der Waals surface area contributed by atoms with Crippen LogP contribution in [0.3, 0.4) is 0 Å². The summed E-state index contributed by atoms with van der Waals surface area (Å²) < 4.78 is 0. The van der Waals surface area contributed by atoms with Crippen molar-refractivity contribution in [3.8, 4) is 11.5 Å². The lowest BCUT2D eigenvalue weighted by Gasteiger charge is -2.26. The molecule has 0 aliphatic carbocycles. The second kappa shape index (κ2) is 5.63. The second-order valence-electron chi connectivity index (χ2n) is 5.57. The summed E-state index contributed by atoms with van der Waals surface area (Å²) in [6.07, 6.45) is 8.71. The van der Waals surface area contributed by atoms with E-state index in [4.69, 9.17) is 0 Å². The highest BCUT2D eigenvalue weighted by atomic mass is 16.2. The number of imidazole rings is 1. The minimum atomic E-state index is -0.00583. The van der Waals surface area contributed by atoms with Gasteiger partial charge < -0.3 is 9.88 Å². The first-order valence-electron chi connectivity index (χ1n) is 7.29. The van der Waals surface area contributed by atoms with Crippen LogP contribution in [0.1, 0.15) is 38.4 Å². The van der Waals surface area contributed by atoms with Crippen molar-refractivity contribution >= 4 is 5.91 Å². The Bertz CT molecular complexity index is 623. The quantitative estimate of drug-likeness (QED) is 0.938. The van der Waals surface area contributed by atoms with Gasteiger partial charge in [0.05, 0.1) is 11.7 Å². The number of rotatable bonds is 3. The van der Waals surface area contributed by atoms with Crippen molar-refractivity contribution in [2.24, 2.45) is 5.92 Å². The molecule has 0 saturated carbocycles. The van der Waals surface area contributed by atoms with Gasteiger partial charge in [-0.15, -0.1) is 0 Å². The fourth-order valence-corrected chi connectivity index (χ4v) is 2.82. The predicted molar refractivity (Wildman–Crippen MR) is 78.1 cm³/mol. The van der Waals surface area contributed by atoms with E-state index < -0.39 is 0 Å². The molecule has 1 amide bonds. The number of hydrogen-bond acceptors (Lipinski definition) is 4. The van der Waals surface area contributed by atoms with Gasteiger partial charge in [-0.3, -0.25) is 9.78 Å². The largest absolute Gasteiger partial charge is 0.343 e. The Hall–Kier alpha value is -2.24. The molecule has 0 aromatic carbocycles. The van der Waals surface area contributed by atoms with Crippen LogP contribution in [-0.4, -0.2) is 37.3 Å². The summed E-state index contributed by atoms with van der Waals surface area (Å²) in [6.45, 7) is 4.65. The number of nitrogens with zero attached hydrogens (tertiary/aromatic N) is 4. The molecule has 1 aliphatic rings. The molecule has 6 nitrogen and oxygen atoms in total. The van der Waals surface area contributed by atoms with Gasteiger partial charge in [0.25, 0.3) is 0 Å². The fourth-order valence-electron chi connectivity index (χ4n) is 2.82. The molecule has 21 heavy (non-hydrogen) atoms. The molecule has 6 heteroatoms. The molecule has 2 aromatic rings. The SMILES string of the molecule is CC(C)C(=O)N1CCC[C@@H]1c1nccnc1-c1ncc[nH]1. The summed E-state index contributed by atoms with van der Waals surface area (Å²) in [5.41, 5.74) is 1.56. The highest BCUT2D eigenvalue weighted by Crippen LogP contribution is 2.35. The smallest absolute Gasteiger partial charge is 0.225 e. The summed E-state index contributed by atoms with van der Waals surface area (Å²) in [6, 6.07) is -0.00583. The van der Waals surface area contributed by atoms with E-state index >= 15 is 0 Å². The predicted octanol–water partition coefficient (Wildman–Crippen LogP) is 2.19. The van der Waals surface area contributed by atoms with Crippen LogP contribution in [0.4, 0.5) is 0 Å². The first-order chi connectivity index (χ1) is 10.2. The molecule has 3 heterocycles. The van der Waals surface area contributed by atoms with Crippen LogP contribution in [-0.2, 0) is 4.79 Å². The lowest BCUT2D eigenvalue weighted by Crippen LogP contribution is -2.34. The van der Waals surface area contributed by atoms with Crippen molar-refractivity contribution in [1.29, 1.82) is 0 Å². The number of carbonyl (C=O) groups excluding carboxylic acids is 1. The fraction of sp³-hybridized carbons (Fsp3) is 0.467. The third-order valence-electron chi connectivity index (χ3n) is 3.79. The van der Waals surface area contributed by atoms with Crippen molar-refractivity contribution in [2.45, 2.75) is 32.7 Å². The van der Waals surface area contributed by atoms with Crippen LogP contribution in [0.2, 0.25) is 0 Å². The minimum absolute atomic E-state index is 0.00525. The molecule has 0 spiro atoms. The van der Waals surface area contributed by atoms with Crippen LogP contribution < -0.4 is 0 Å². The normalized spacial score (nSPS) is 18.4. The Labute approximate surface area is 123 Å².